The number of nitrogens with two attached hydrogens (primary N) is 1. The van der Waals surface area contributed by atoms with Crippen LogP contribution in [0.4, 0.5) is 8.78 Å². The summed E-state index contributed by atoms with van der Waals surface area (Å²) < 4.78 is 27.5. The fourth-order valence-electron chi connectivity index (χ4n) is 2.79. The highest BCUT2D eigenvalue weighted by Crippen LogP contribution is 2.43. The second kappa shape index (κ2) is 4.37. The molecule has 1 nitrogen and oxygen atoms in total. The molecule has 0 heterocycles. The second-order valence-corrected chi connectivity index (χ2v) is 5.81. The molecule has 0 aromatic heterocycles. The minimum absolute atomic E-state index is 0.106. The van der Waals surface area contributed by atoms with Crippen molar-refractivity contribution < 1.29 is 8.78 Å². The summed E-state index contributed by atoms with van der Waals surface area (Å²) in [5, 5.41) is 0. The van der Waals surface area contributed by atoms with Gasteiger partial charge in [-0.05, 0) is 36.8 Å². The third-order valence-electron chi connectivity index (χ3n) is 3.81. The molecule has 2 unspecified atom stereocenters. The van der Waals surface area contributed by atoms with E-state index < -0.39 is 11.6 Å². The summed E-state index contributed by atoms with van der Waals surface area (Å²) in [5.74, 6) is -1.15. The van der Waals surface area contributed by atoms with E-state index in [-0.39, 0.29) is 22.9 Å². The van der Waals surface area contributed by atoms with Gasteiger partial charge >= 0.3 is 0 Å². The zero-order valence-corrected chi connectivity index (χ0v) is 10.3. The Morgan fingerprint density at radius 3 is 2.41 bits per heavy atom. The Hall–Kier alpha value is -0.960. The first-order chi connectivity index (χ1) is 7.91. The van der Waals surface area contributed by atoms with Gasteiger partial charge in [0.2, 0.25) is 0 Å². The van der Waals surface area contributed by atoms with Gasteiger partial charge < -0.3 is 5.73 Å². The maximum atomic E-state index is 13.8. The van der Waals surface area contributed by atoms with Crippen LogP contribution < -0.4 is 5.73 Å². The number of benzene rings is 1. The summed E-state index contributed by atoms with van der Waals surface area (Å²) in [7, 11) is 0. The summed E-state index contributed by atoms with van der Waals surface area (Å²) in [5.41, 5.74) is 6.32. The van der Waals surface area contributed by atoms with Crippen LogP contribution in [0, 0.1) is 17.0 Å². The molecule has 1 fully saturated rings. The molecule has 2 N–H and O–H groups in total. The van der Waals surface area contributed by atoms with Crippen molar-refractivity contribution in [1.29, 1.82) is 0 Å². The van der Waals surface area contributed by atoms with Gasteiger partial charge in [0.1, 0.15) is 11.6 Å². The van der Waals surface area contributed by atoms with Crippen molar-refractivity contribution >= 4 is 0 Å². The van der Waals surface area contributed by atoms with E-state index in [0.29, 0.717) is 0 Å². The van der Waals surface area contributed by atoms with Crippen LogP contribution in [0.5, 0.6) is 0 Å². The van der Waals surface area contributed by atoms with E-state index in [4.69, 9.17) is 5.73 Å². The van der Waals surface area contributed by atoms with Gasteiger partial charge in [0.05, 0.1) is 0 Å². The molecule has 0 spiro atoms. The normalized spacial score (nSPS) is 28.1. The monoisotopic (exact) mass is 239 g/mol. The molecule has 1 aromatic carbocycles. The molecule has 1 aromatic rings. The number of halogens is 2. The van der Waals surface area contributed by atoms with Crippen LogP contribution in [0.25, 0.3) is 0 Å². The van der Waals surface area contributed by atoms with E-state index in [0.717, 1.165) is 19.3 Å². The topological polar surface area (TPSA) is 26.0 Å². The van der Waals surface area contributed by atoms with Crippen LogP contribution in [0.15, 0.2) is 18.2 Å². The predicted octanol–water partition coefficient (Wildman–Crippen LogP) is 3.59. The van der Waals surface area contributed by atoms with E-state index in [1.54, 1.807) is 0 Å². The molecule has 0 amide bonds. The Balaban J connectivity index is 2.37. The van der Waals surface area contributed by atoms with E-state index in [1.165, 1.54) is 18.2 Å². The quantitative estimate of drug-likeness (QED) is 0.796. The number of rotatable bonds is 1. The zero-order valence-electron chi connectivity index (χ0n) is 10.3. The molecular weight excluding hydrogens is 220 g/mol. The summed E-state index contributed by atoms with van der Waals surface area (Å²) in [6.45, 7) is 4.26. The molecule has 2 rings (SSSR count). The smallest absolute Gasteiger partial charge is 0.129 e. The average molecular weight is 239 g/mol. The minimum atomic E-state index is -0.469. The van der Waals surface area contributed by atoms with Crippen molar-refractivity contribution in [1.82, 2.24) is 0 Å². The van der Waals surface area contributed by atoms with E-state index in [2.05, 4.69) is 13.8 Å². The lowest BCUT2D eigenvalue weighted by atomic mass is 9.68. The minimum Gasteiger partial charge on any atom is -0.327 e. The first kappa shape index (κ1) is 12.5. The second-order valence-electron chi connectivity index (χ2n) is 5.81. The SMILES string of the molecule is CC1(C)CCC(N)C(c2c(F)cccc2F)C1. The molecule has 1 aliphatic carbocycles. The molecule has 2 atom stereocenters. The molecule has 17 heavy (non-hydrogen) atoms. The van der Waals surface area contributed by atoms with Crippen molar-refractivity contribution in [2.45, 2.75) is 45.1 Å². The van der Waals surface area contributed by atoms with E-state index >= 15 is 0 Å². The van der Waals surface area contributed by atoms with Gasteiger partial charge in [0.15, 0.2) is 0 Å². The van der Waals surface area contributed by atoms with Crippen LogP contribution in [-0.2, 0) is 0 Å². The third kappa shape index (κ3) is 2.49. The highest BCUT2D eigenvalue weighted by atomic mass is 19.1. The molecule has 1 saturated carbocycles. The lowest BCUT2D eigenvalue weighted by Crippen LogP contribution is -2.38. The molecule has 0 saturated heterocycles. The van der Waals surface area contributed by atoms with Crippen molar-refractivity contribution in [3.63, 3.8) is 0 Å². The molecule has 3 heteroatoms. The molecule has 1 aliphatic rings. The average Bonchev–Trinajstić information content (AvgIpc) is 2.23. The van der Waals surface area contributed by atoms with Crippen LogP contribution in [0.2, 0.25) is 0 Å². The first-order valence-electron chi connectivity index (χ1n) is 6.10. The van der Waals surface area contributed by atoms with Crippen molar-refractivity contribution in [3.05, 3.63) is 35.4 Å². The van der Waals surface area contributed by atoms with Crippen molar-refractivity contribution in [2.24, 2.45) is 11.1 Å². The fourth-order valence-corrected chi connectivity index (χ4v) is 2.79. The van der Waals surface area contributed by atoms with Crippen molar-refractivity contribution in [3.8, 4) is 0 Å². The van der Waals surface area contributed by atoms with Gasteiger partial charge in [-0.25, -0.2) is 8.78 Å². The summed E-state index contributed by atoms with van der Waals surface area (Å²) in [6, 6.07) is 3.88. The molecule has 0 bridgehead atoms. The molecule has 94 valence electrons. The first-order valence-corrected chi connectivity index (χ1v) is 6.10. The van der Waals surface area contributed by atoms with Gasteiger partial charge in [0, 0.05) is 17.5 Å². The Labute approximate surface area is 101 Å². The van der Waals surface area contributed by atoms with Gasteiger partial charge in [-0.3, -0.25) is 0 Å². The lowest BCUT2D eigenvalue weighted by molar-refractivity contribution is 0.194. The van der Waals surface area contributed by atoms with Gasteiger partial charge in [-0.1, -0.05) is 19.9 Å². The maximum absolute atomic E-state index is 13.8. The number of hydrogen-bond acceptors (Lipinski definition) is 1. The summed E-state index contributed by atoms with van der Waals surface area (Å²) in [6.07, 6.45) is 2.58. The van der Waals surface area contributed by atoms with Crippen LogP contribution in [0.1, 0.15) is 44.6 Å². The van der Waals surface area contributed by atoms with Crippen molar-refractivity contribution in [2.75, 3.05) is 0 Å². The predicted molar refractivity (Wildman–Crippen MR) is 64.7 cm³/mol. The summed E-state index contributed by atoms with van der Waals surface area (Å²) >= 11 is 0. The Morgan fingerprint density at radius 1 is 1.24 bits per heavy atom. The largest absolute Gasteiger partial charge is 0.327 e. The van der Waals surface area contributed by atoms with Crippen LogP contribution in [0.3, 0.4) is 0 Å². The fraction of sp³-hybridized carbons (Fsp3) is 0.571. The highest BCUT2D eigenvalue weighted by molar-refractivity contribution is 5.26. The van der Waals surface area contributed by atoms with Crippen LogP contribution in [-0.4, -0.2) is 6.04 Å². The summed E-state index contributed by atoms with van der Waals surface area (Å²) in [4.78, 5) is 0. The Kier molecular flexibility index (Phi) is 3.21. The van der Waals surface area contributed by atoms with Gasteiger partial charge in [-0.15, -0.1) is 0 Å². The Bertz CT molecular complexity index is 394. The lowest BCUT2D eigenvalue weighted by Gasteiger charge is -2.39. The third-order valence-corrected chi connectivity index (χ3v) is 3.81. The van der Waals surface area contributed by atoms with Crippen LogP contribution >= 0.6 is 0 Å². The number of hydrogen-bond donors (Lipinski definition) is 1. The highest BCUT2D eigenvalue weighted by Gasteiger charge is 2.36. The molecule has 0 aliphatic heterocycles. The van der Waals surface area contributed by atoms with Gasteiger partial charge in [0.25, 0.3) is 0 Å². The Morgan fingerprint density at radius 2 is 1.82 bits per heavy atom. The molecule has 0 radical (unpaired) electrons. The molecular formula is C14H19F2N. The standard InChI is InChI=1S/C14H19F2N/c1-14(2)7-6-12(17)9(8-14)13-10(15)4-3-5-11(13)16/h3-5,9,12H,6-8,17H2,1-2H3. The maximum Gasteiger partial charge on any atom is 0.129 e. The van der Waals surface area contributed by atoms with E-state index in [1.807, 2.05) is 0 Å². The zero-order chi connectivity index (χ0) is 12.6. The van der Waals surface area contributed by atoms with E-state index in [9.17, 15) is 8.78 Å². The van der Waals surface area contributed by atoms with Gasteiger partial charge in [-0.2, -0.15) is 0 Å².